The molecule has 0 N–H and O–H groups in total. The minimum absolute atomic E-state index is 0.124. The Labute approximate surface area is 125 Å². The summed E-state index contributed by atoms with van der Waals surface area (Å²) in [7, 11) is 2.52. The molecule has 0 unspecified atom stereocenters. The fourth-order valence-electron chi connectivity index (χ4n) is 1.93. The van der Waals surface area contributed by atoms with Gasteiger partial charge in [0.25, 0.3) is 0 Å². The van der Waals surface area contributed by atoms with Crippen molar-refractivity contribution in [3.8, 4) is 5.75 Å². The zero-order valence-corrected chi connectivity index (χ0v) is 12.9. The number of methoxy groups -OCH3 is 2. The third-order valence-corrected chi connectivity index (χ3v) is 2.99. The Balaban J connectivity index is 2.63. The molecule has 0 aliphatic carbocycles. The Morgan fingerprint density at radius 1 is 1.00 bits per heavy atom. The molecule has 0 saturated heterocycles. The van der Waals surface area contributed by atoms with Gasteiger partial charge in [-0.3, -0.25) is 9.59 Å². The first kappa shape index (κ1) is 17.0. The summed E-state index contributed by atoms with van der Waals surface area (Å²) in [4.78, 5) is 23.1. The third kappa shape index (κ3) is 5.45. The number of esters is 2. The quantitative estimate of drug-likeness (QED) is 0.570. The van der Waals surface area contributed by atoms with Crippen LogP contribution in [0, 0.1) is 5.92 Å². The molecule has 1 rings (SSSR count). The largest absolute Gasteiger partial charge is 0.491 e. The van der Waals surface area contributed by atoms with Crippen LogP contribution in [0.2, 0.25) is 0 Å². The van der Waals surface area contributed by atoms with E-state index in [2.05, 4.69) is 9.47 Å². The predicted octanol–water partition coefficient (Wildman–Crippen LogP) is 2.37. The summed E-state index contributed by atoms with van der Waals surface area (Å²) in [6.45, 7) is 3.93. The molecule has 116 valence electrons. The topological polar surface area (TPSA) is 61.8 Å². The zero-order valence-electron chi connectivity index (χ0n) is 12.9. The van der Waals surface area contributed by atoms with Gasteiger partial charge in [-0.2, -0.15) is 0 Å². The molecule has 0 fully saturated rings. The Morgan fingerprint density at radius 2 is 1.52 bits per heavy atom. The summed E-state index contributed by atoms with van der Waals surface area (Å²) in [5.41, 5.74) is 1.02. The van der Waals surface area contributed by atoms with E-state index in [9.17, 15) is 9.59 Å². The second-order valence-corrected chi connectivity index (χ2v) is 4.95. The van der Waals surface area contributed by atoms with Gasteiger partial charge in [0.1, 0.15) is 5.75 Å². The predicted molar refractivity (Wildman–Crippen MR) is 78.0 cm³/mol. The first-order valence-electron chi connectivity index (χ1n) is 6.89. The van der Waals surface area contributed by atoms with E-state index in [-0.39, 0.29) is 6.10 Å². The fourth-order valence-corrected chi connectivity index (χ4v) is 1.93. The van der Waals surface area contributed by atoms with E-state index in [0.717, 1.165) is 11.3 Å². The van der Waals surface area contributed by atoms with Crippen LogP contribution in [0.15, 0.2) is 24.3 Å². The summed E-state index contributed by atoms with van der Waals surface area (Å²) in [6.07, 6.45) is 1.06. The second-order valence-electron chi connectivity index (χ2n) is 4.95. The van der Waals surface area contributed by atoms with E-state index in [1.54, 1.807) is 0 Å². The van der Waals surface area contributed by atoms with Crippen molar-refractivity contribution >= 4 is 11.9 Å². The molecule has 0 bridgehead atoms. The van der Waals surface area contributed by atoms with Crippen molar-refractivity contribution in [1.82, 2.24) is 0 Å². The summed E-state index contributed by atoms with van der Waals surface area (Å²) in [5.74, 6) is -1.22. The Morgan fingerprint density at radius 3 is 1.95 bits per heavy atom. The van der Waals surface area contributed by atoms with Crippen LogP contribution in [0.25, 0.3) is 0 Å². The highest BCUT2D eigenvalue weighted by atomic mass is 16.5. The van der Waals surface area contributed by atoms with Crippen molar-refractivity contribution in [3.05, 3.63) is 29.8 Å². The lowest BCUT2D eigenvalue weighted by Crippen LogP contribution is -2.27. The first-order valence-corrected chi connectivity index (χ1v) is 6.89. The third-order valence-electron chi connectivity index (χ3n) is 2.99. The summed E-state index contributed by atoms with van der Waals surface area (Å²) in [5, 5.41) is 0. The first-order chi connectivity index (χ1) is 9.97. The number of hydrogen-bond donors (Lipinski definition) is 0. The van der Waals surface area contributed by atoms with Crippen LogP contribution >= 0.6 is 0 Å². The molecule has 0 spiro atoms. The Hall–Kier alpha value is -2.04. The molecule has 0 aliphatic heterocycles. The van der Waals surface area contributed by atoms with E-state index in [1.807, 2.05) is 38.1 Å². The van der Waals surface area contributed by atoms with E-state index in [0.29, 0.717) is 12.8 Å². The monoisotopic (exact) mass is 294 g/mol. The molecular formula is C16H22O5. The summed E-state index contributed by atoms with van der Waals surface area (Å²) < 4.78 is 14.8. The lowest BCUT2D eigenvalue weighted by Gasteiger charge is -2.13. The molecule has 0 atom stereocenters. The number of carbonyl (C=O) groups is 2. The van der Waals surface area contributed by atoms with Crippen LogP contribution < -0.4 is 4.74 Å². The van der Waals surface area contributed by atoms with Crippen LogP contribution in [-0.4, -0.2) is 32.3 Å². The van der Waals surface area contributed by atoms with E-state index in [1.165, 1.54) is 14.2 Å². The minimum Gasteiger partial charge on any atom is -0.491 e. The molecule has 5 heteroatoms. The van der Waals surface area contributed by atoms with Crippen molar-refractivity contribution in [3.63, 3.8) is 0 Å². The molecule has 0 amide bonds. The molecule has 1 aromatic rings. The standard InChI is InChI=1S/C16H22O5/c1-11(2)21-13-8-5-12(6-9-13)7-10-14(15(17)19-3)16(18)20-4/h5-6,8-9,11,14H,7,10H2,1-4H3. The van der Waals surface area contributed by atoms with Crippen molar-refractivity contribution in [2.24, 2.45) is 5.92 Å². The fraction of sp³-hybridized carbons (Fsp3) is 0.500. The molecule has 0 heterocycles. The number of aryl methyl sites for hydroxylation is 1. The van der Waals surface area contributed by atoms with Crippen LogP contribution in [-0.2, 0) is 25.5 Å². The maximum atomic E-state index is 11.6. The summed E-state index contributed by atoms with van der Waals surface area (Å²) in [6, 6.07) is 7.59. The highest BCUT2D eigenvalue weighted by Crippen LogP contribution is 2.17. The van der Waals surface area contributed by atoms with E-state index in [4.69, 9.17) is 4.74 Å². The summed E-state index contributed by atoms with van der Waals surface area (Å²) >= 11 is 0. The smallest absolute Gasteiger partial charge is 0.320 e. The number of benzene rings is 1. The van der Waals surface area contributed by atoms with E-state index >= 15 is 0 Å². The highest BCUT2D eigenvalue weighted by molar-refractivity contribution is 5.94. The van der Waals surface area contributed by atoms with E-state index < -0.39 is 17.9 Å². The molecule has 1 aromatic carbocycles. The number of ether oxygens (including phenoxy) is 3. The van der Waals surface area contributed by atoms with Gasteiger partial charge >= 0.3 is 11.9 Å². The van der Waals surface area contributed by atoms with Gasteiger partial charge in [0, 0.05) is 0 Å². The van der Waals surface area contributed by atoms with Crippen LogP contribution in [0.1, 0.15) is 25.8 Å². The van der Waals surface area contributed by atoms with Crippen molar-refractivity contribution in [1.29, 1.82) is 0 Å². The lowest BCUT2D eigenvalue weighted by molar-refractivity contribution is -0.159. The maximum Gasteiger partial charge on any atom is 0.320 e. The highest BCUT2D eigenvalue weighted by Gasteiger charge is 2.28. The average Bonchev–Trinajstić information content (AvgIpc) is 2.47. The molecule has 0 radical (unpaired) electrons. The molecule has 21 heavy (non-hydrogen) atoms. The van der Waals surface area contributed by atoms with Gasteiger partial charge in [-0.15, -0.1) is 0 Å². The maximum absolute atomic E-state index is 11.6. The molecule has 5 nitrogen and oxygen atoms in total. The minimum atomic E-state index is -0.883. The van der Waals surface area contributed by atoms with Crippen LogP contribution in [0.4, 0.5) is 0 Å². The van der Waals surface area contributed by atoms with Gasteiger partial charge in [0.2, 0.25) is 0 Å². The van der Waals surface area contributed by atoms with Crippen molar-refractivity contribution in [2.45, 2.75) is 32.8 Å². The van der Waals surface area contributed by atoms with Crippen molar-refractivity contribution in [2.75, 3.05) is 14.2 Å². The molecule has 0 aromatic heterocycles. The average molecular weight is 294 g/mol. The van der Waals surface area contributed by atoms with Gasteiger partial charge in [-0.1, -0.05) is 12.1 Å². The van der Waals surface area contributed by atoms with Gasteiger partial charge in [0.05, 0.1) is 20.3 Å². The Kier molecular flexibility index (Phi) is 6.72. The van der Waals surface area contributed by atoms with Crippen LogP contribution in [0.3, 0.4) is 0 Å². The number of hydrogen-bond acceptors (Lipinski definition) is 5. The Bertz CT molecular complexity index is 448. The van der Waals surface area contributed by atoms with Crippen LogP contribution in [0.5, 0.6) is 5.75 Å². The van der Waals surface area contributed by atoms with Gasteiger partial charge in [0.15, 0.2) is 5.92 Å². The second kappa shape index (κ2) is 8.29. The molecule has 0 aliphatic rings. The van der Waals surface area contributed by atoms with Gasteiger partial charge in [-0.05, 0) is 44.4 Å². The van der Waals surface area contributed by atoms with Gasteiger partial charge < -0.3 is 14.2 Å². The number of carbonyl (C=O) groups excluding carboxylic acids is 2. The molecule has 0 saturated carbocycles. The van der Waals surface area contributed by atoms with Crippen molar-refractivity contribution < 1.29 is 23.8 Å². The normalized spacial score (nSPS) is 10.6. The molecular weight excluding hydrogens is 272 g/mol. The SMILES string of the molecule is COC(=O)C(CCc1ccc(OC(C)C)cc1)C(=O)OC. The number of rotatable bonds is 7. The lowest BCUT2D eigenvalue weighted by atomic mass is 9.99. The van der Waals surface area contributed by atoms with Gasteiger partial charge in [-0.25, -0.2) is 0 Å². The zero-order chi connectivity index (χ0) is 15.8.